The van der Waals surface area contributed by atoms with E-state index in [1.54, 1.807) is 0 Å². The fraction of sp³-hybridized carbons (Fsp3) is 0.625. The normalized spacial score (nSPS) is 18.1. The Balaban J connectivity index is 2.01. The van der Waals surface area contributed by atoms with Gasteiger partial charge in [-0.2, -0.15) is 0 Å². The van der Waals surface area contributed by atoms with Crippen LogP contribution < -0.4 is 0 Å². The summed E-state index contributed by atoms with van der Waals surface area (Å²) in [7, 11) is 1.99. The van der Waals surface area contributed by atoms with Crippen molar-refractivity contribution in [3.63, 3.8) is 0 Å². The molecule has 1 aromatic heterocycles. The second-order valence-electron chi connectivity index (χ2n) is 6.09. The van der Waals surface area contributed by atoms with E-state index in [9.17, 15) is 9.90 Å². The summed E-state index contributed by atoms with van der Waals surface area (Å²) >= 11 is 0. The highest BCUT2D eigenvalue weighted by Gasteiger charge is 2.40. The first-order valence-electron chi connectivity index (χ1n) is 7.36. The molecule has 1 aliphatic carbocycles. The zero-order chi connectivity index (χ0) is 14.6. The summed E-state index contributed by atoms with van der Waals surface area (Å²) in [6.45, 7) is 3.29. The van der Waals surface area contributed by atoms with Crippen LogP contribution in [0.4, 0.5) is 0 Å². The molecule has 1 heterocycles. The number of aryl methyl sites for hydroxylation is 1. The first kappa shape index (κ1) is 15.0. The van der Waals surface area contributed by atoms with Gasteiger partial charge in [0.05, 0.1) is 11.1 Å². The average Bonchev–Trinajstić information content (AvgIpc) is 2.39. The number of rotatable bonds is 5. The third-order valence-electron chi connectivity index (χ3n) is 4.21. The smallest absolute Gasteiger partial charge is 0.310 e. The van der Waals surface area contributed by atoms with Crippen LogP contribution in [0.1, 0.15) is 43.5 Å². The van der Waals surface area contributed by atoms with E-state index in [0.717, 1.165) is 43.5 Å². The van der Waals surface area contributed by atoms with E-state index < -0.39 is 11.4 Å². The van der Waals surface area contributed by atoms with Crippen LogP contribution in [0.5, 0.6) is 0 Å². The number of aliphatic carboxylic acids is 1. The molecule has 0 unspecified atom stereocenters. The average molecular weight is 276 g/mol. The fourth-order valence-electron chi connectivity index (χ4n) is 3.20. The van der Waals surface area contributed by atoms with E-state index in [1.807, 2.05) is 32.2 Å². The fourth-order valence-corrected chi connectivity index (χ4v) is 3.20. The Kier molecular flexibility index (Phi) is 4.76. The minimum Gasteiger partial charge on any atom is -0.481 e. The molecule has 0 aromatic carbocycles. The van der Waals surface area contributed by atoms with Crippen molar-refractivity contribution in [1.29, 1.82) is 0 Å². The number of carbonyl (C=O) groups is 1. The number of hydrogen-bond acceptors (Lipinski definition) is 3. The van der Waals surface area contributed by atoms with Gasteiger partial charge in [0.15, 0.2) is 0 Å². The minimum absolute atomic E-state index is 0.559. The highest BCUT2D eigenvalue weighted by Crippen LogP contribution is 2.37. The Morgan fingerprint density at radius 3 is 2.65 bits per heavy atom. The molecule has 0 aliphatic heterocycles. The minimum atomic E-state index is -0.638. The summed E-state index contributed by atoms with van der Waals surface area (Å²) < 4.78 is 0. The lowest BCUT2D eigenvalue weighted by molar-refractivity contribution is -0.152. The maximum atomic E-state index is 11.7. The van der Waals surface area contributed by atoms with Crippen LogP contribution in [0.3, 0.4) is 0 Å². The first-order valence-corrected chi connectivity index (χ1v) is 7.36. The van der Waals surface area contributed by atoms with Gasteiger partial charge in [-0.15, -0.1) is 0 Å². The van der Waals surface area contributed by atoms with Crippen molar-refractivity contribution in [3.8, 4) is 0 Å². The van der Waals surface area contributed by atoms with Gasteiger partial charge in [0.25, 0.3) is 0 Å². The van der Waals surface area contributed by atoms with Gasteiger partial charge in [0, 0.05) is 18.8 Å². The molecular formula is C16H24N2O2. The molecule has 0 saturated heterocycles. The van der Waals surface area contributed by atoms with E-state index in [-0.39, 0.29) is 0 Å². The summed E-state index contributed by atoms with van der Waals surface area (Å²) in [5.74, 6) is -0.638. The third-order valence-corrected chi connectivity index (χ3v) is 4.21. The lowest BCUT2D eigenvalue weighted by Gasteiger charge is -2.36. The Morgan fingerprint density at radius 1 is 1.35 bits per heavy atom. The van der Waals surface area contributed by atoms with E-state index in [0.29, 0.717) is 13.1 Å². The van der Waals surface area contributed by atoms with Gasteiger partial charge >= 0.3 is 5.97 Å². The van der Waals surface area contributed by atoms with E-state index in [1.165, 1.54) is 0 Å². The molecule has 0 spiro atoms. The third kappa shape index (κ3) is 3.57. The van der Waals surface area contributed by atoms with Gasteiger partial charge in [0.2, 0.25) is 0 Å². The number of carboxylic acids is 1. The Labute approximate surface area is 120 Å². The number of pyridine rings is 1. The molecule has 20 heavy (non-hydrogen) atoms. The largest absolute Gasteiger partial charge is 0.481 e. The highest BCUT2D eigenvalue weighted by molar-refractivity contribution is 5.75. The summed E-state index contributed by atoms with van der Waals surface area (Å²) in [4.78, 5) is 18.3. The molecule has 4 heteroatoms. The summed E-state index contributed by atoms with van der Waals surface area (Å²) in [5, 5.41) is 9.61. The maximum Gasteiger partial charge on any atom is 0.310 e. The van der Waals surface area contributed by atoms with Crippen LogP contribution in [-0.4, -0.2) is 34.6 Å². The second-order valence-corrected chi connectivity index (χ2v) is 6.09. The topological polar surface area (TPSA) is 53.4 Å². The molecule has 2 rings (SSSR count). The van der Waals surface area contributed by atoms with Crippen molar-refractivity contribution in [3.05, 3.63) is 29.6 Å². The van der Waals surface area contributed by atoms with Gasteiger partial charge < -0.3 is 5.11 Å². The van der Waals surface area contributed by atoms with Crippen molar-refractivity contribution in [2.75, 3.05) is 13.6 Å². The number of hydrogen-bond donors (Lipinski definition) is 1. The predicted molar refractivity (Wildman–Crippen MR) is 78.5 cm³/mol. The Hall–Kier alpha value is -1.42. The molecule has 0 amide bonds. The molecule has 110 valence electrons. The zero-order valence-electron chi connectivity index (χ0n) is 12.4. The Bertz CT molecular complexity index is 467. The van der Waals surface area contributed by atoms with Crippen molar-refractivity contribution >= 4 is 5.97 Å². The lowest BCUT2D eigenvalue weighted by Crippen LogP contribution is -2.43. The molecule has 4 nitrogen and oxygen atoms in total. The van der Waals surface area contributed by atoms with Crippen LogP contribution in [0.2, 0.25) is 0 Å². The van der Waals surface area contributed by atoms with Crippen LogP contribution in [0.15, 0.2) is 18.2 Å². The summed E-state index contributed by atoms with van der Waals surface area (Å²) in [6.07, 6.45) is 4.83. The molecule has 1 N–H and O–H groups in total. The van der Waals surface area contributed by atoms with Gasteiger partial charge in [-0.25, -0.2) is 0 Å². The molecule has 0 bridgehead atoms. The van der Waals surface area contributed by atoms with Crippen LogP contribution in [-0.2, 0) is 11.3 Å². The molecule has 1 aliphatic rings. The van der Waals surface area contributed by atoms with Gasteiger partial charge in [-0.1, -0.05) is 25.3 Å². The predicted octanol–water partition coefficient (Wildman–Crippen LogP) is 2.86. The quantitative estimate of drug-likeness (QED) is 0.898. The molecular weight excluding hydrogens is 252 g/mol. The van der Waals surface area contributed by atoms with Crippen molar-refractivity contribution in [2.45, 2.75) is 45.6 Å². The van der Waals surface area contributed by atoms with Crippen LogP contribution in [0.25, 0.3) is 0 Å². The van der Waals surface area contributed by atoms with Gasteiger partial charge in [-0.3, -0.25) is 14.7 Å². The number of carboxylic acid groups (broad SMARTS) is 1. The van der Waals surface area contributed by atoms with Gasteiger partial charge in [-0.05, 0) is 38.9 Å². The van der Waals surface area contributed by atoms with Crippen LogP contribution >= 0.6 is 0 Å². The molecule has 1 fully saturated rings. The molecule has 1 saturated carbocycles. The zero-order valence-corrected chi connectivity index (χ0v) is 12.4. The second kappa shape index (κ2) is 6.35. The van der Waals surface area contributed by atoms with Crippen molar-refractivity contribution < 1.29 is 9.90 Å². The SMILES string of the molecule is Cc1cccc(CN(C)CC2(C(=O)O)CCCCC2)n1. The van der Waals surface area contributed by atoms with E-state index >= 15 is 0 Å². The van der Waals surface area contributed by atoms with E-state index in [4.69, 9.17) is 0 Å². The monoisotopic (exact) mass is 276 g/mol. The van der Waals surface area contributed by atoms with Gasteiger partial charge in [0.1, 0.15) is 0 Å². The summed E-state index contributed by atoms with van der Waals surface area (Å²) in [6, 6.07) is 5.97. The maximum absolute atomic E-state index is 11.7. The molecule has 0 radical (unpaired) electrons. The molecule has 1 aromatic rings. The Morgan fingerprint density at radius 2 is 2.05 bits per heavy atom. The van der Waals surface area contributed by atoms with E-state index in [2.05, 4.69) is 9.88 Å². The number of nitrogens with zero attached hydrogens (tertiary/aromatic N) is 2. The van der Waals surface area contributed by atoms with Crippen molar-refractivity contribution in [1.82, 2.24) is 9.88 Å². The molecule has 0 atom stereocenters. The van der Waals surface area contributed by atoms with Crippen LogP contribution in [0, 0.1) is 12.3 Å². The standard InChI is InChI=1S/C16H24N2O2/c1-13-7-6-8-14(17-13)11-18(2)12-16(15(19)20)9-4-3-5-10-16/h6-8H,3-5,9-12H2,1-2H3,(H,19,20). The number of aromatic nitrogens is 1. The first-order chi connectivity index (χ1) is 9.52. The highest BCUT2D eigenvalue weighted by atomic mass is 16.4. The lowest BCUT2D eigenvalue weighted by atomic mass is 9.73. The van der Waals surface area contributed by atoms with Crippen molar-refractivity contribution in [2.24, 2.45) is 5.41 Å². The summed E-state index contributed by atoms with van der Waals surface area (Å²) in [5.41, 5.74) is 1.45.